The first-order valence-corrected chi connectivity index (χ1v) is 5.15. The Bertz CT molecular complexity index is 462. The smallest absolute Gasteiger partial charge is 0.146 e. The third-order valence-corrected chi connectivity index (χ3v) is 2.93. The average molecular weight is 207 g/mol. The highest BCUT2D eigenvalue weighted by Gasteiger charge is 2.03. The van der Waals surface area contributed by atoms with Gasteiger partial charge in [-0.3, -0.25) is 0 Å². The summed E-state index contributed by atoms with van der Waals surface area (Å²) in [6.07, 6.45) is 0. The molecule has 2 N–H and O–H groups in total. The molecule has 0 atom stereocenters. The van der Waals surface area contributed by atoms with Crippen LogP contribution in [0.4, 0.5) is 10.1 Å². The number of thiophene rings is 1. The molecule has 1 heterocycles. The van der Waals surface area contributed by atoms with Gasteiger partial charge in [-0.2, -0.15) is 0 Å². The summed E-state index contributed by atoms with van der Waals surface area (Å²) < 4.78 is 13.2. The van der Waals surface area contributed by atoms with Gasteiger partial charge in [0.15, 0.2) is 0 Å². The molecule has 0 unspecified atom stereocenters. The Hall–Kier alpha value is -1.35. The zero-order valence-electron chi connectivity index (χ0n) is 7.75. The van der Waals surface area contributed by atoms with Crippen molar-refractivity contribution in [2.24, 2.45) is 0 Å². The average Bonchev–Trinajstić information content (AvgIpc) is 2.57. The van der Waals surface area contributed by atoms with Crippen LogP contribution >= 0.6 is 11.3 Å². The molecule has 3 heteroatoms. The second-order valence-corrected chi connectivity index (χ2v) is 4.30. The lowest BCUT2D eigenvalue weighted by atomic mass is 10.1. The minimum absolute atomic E-state index is 0.195. The summed E-state index contributed by atoms with van der Waals surface area (Å²) >= 11 is 1.66. The maximum absolute atomic E-state index is 13.2. The molecule has 2 aromatic rings. The van der Waals surface area contributed by atoms with Gasteiger partial charge in [0, 0.05) is 4.88 Å². The van der Waals surface area contributed by atoms with Crippen molar-refractivity contribution in [3.8, 4) is 11.1 Å². The van der Waals surface area contributed by atoms with Crippen molar-refractivity contribution in [3.63, 3.8) is 0 Å². The van der Waals surface area contributed by atoms with E-state index in [0.29, 0.717) is 0 Å². The van der Waals surface area contributed by atoms with Crippen LogP contribution in [0.2, 0.25) is 0 Å². The summed E-state index contributed by atoms with van der Waals surface area (Å²) in [5.41, 5.74) is 7.52. The van der Waals surface area contributed by atoms with E-state index in [-0.39, 0.29) is 11.5 Å². The van der Waals surface area contributed by atoms with E-state index < -0.39 is 0 Å². The van der Waals surface area contributed by atoms with Crippen LogP contribution in [0.15, 0.2) is 29.6 Å². The van der Waals surface area contributed by atoms with Crippen LogP contribution in [0.5, 0.6) is 0 Å². The fraction of sp³-hybridized carbons (Fsp3) is 0.0909. The monoisotopic (exact) mass is 207 g/mol. The van der Waals surface area contributed by atoms with E-state index in [2.05, 4.69) is 0 Å². The van der Waals surface area contributed by atoms with Gasteiger partial charge in [-0.15, -0.1) is 11.3 Å². The minimum atomic E-state index is -0.355. The van der Waals surface area contributed by atoms with E-state index in [0.717, 1.165) is 11.1 Å². The van der Waals surface area contributed by atoms with E-state index >= 15 is 0 Å². The second-order valence-electron chi connectivity index (χ2n) is 3.18. The third kappa shape index (κ3) is 1.63. The van der Waals surface area contributed by atoms with Crippen molar-refractivity contribution in [3.05, 3.63) is 40.3 Å². The van der Waals surface area contributed by atoms with Crippen LogP contribution < -0.4 is 5.73 Å². The first-order valence-electron chi connectivity index (χ1n) is 4.27. The highest BCUT2D eigenvalue weighted by Crippen LogP contribution is 2.26. The molecule has 0 aliphatic carbocycles. The summed E-state index contributed by atoms with van der Waals surface area (Å²) in [6.45, 7) is 2.03. The molecule has 1 aromatic heterocycles. The number of aryl methyl sites for hydroxylation is 1. The molecule has 0 spiro atoms. The zero-order valence-corrected chi connectivity index (χ0v) is 8.57. The first kappa shape index (κ1) is 9.21. The molecule has 0 aliphatic rings. The fourth-order valence-electron chi connectivity index (χ4n) is 1.30. The normalized spacial score (nSPS) is 10.4. The van der Waals surface area contributed by atoms with Gasteiger partial charge in [0.2, 0.25) is 0 Å². The molecule has 0 amide bonds. The number of hydrogen-bond acceptors (Lipinski definition) is 2. The number of halogens is 1. The topological polar surface area (TPSA) is 26.0 Å². The maximum atomic E-state index is 13.2. The summed E-state index contributed by atoms with van der Waals surface area (Å²) in [7, 11) is 0. The van der Waals surface area contributed by atoms with Crippen LogP contribution in [-0.4, -0.2) is 0 Å². The van der Waals surface area contributed by atoms with Gasteiger partial charge in [-0.05, 0) is 41.6 Å². The molecule has 0 saturated heterocycles. The van der Waals surface area contributed by atoms with E-state index in [1.165, 1.54) is 10.9 Å². The summed E-state index contributed by atoms with van der Waals surface area (Å²) in [6, 6.07) is 6.93. The van der Waals surface area contributed by atoms with Crippen molar-refractivity contribution >= 4 is 17.0 Å². The minimum Gasteiger partial charge on any atom is -0.396 e. The van der Waals surface area contributed by atoms with E-state index in [4.69, 9.17) is 5.73 Å². The molecular formula is C11H10FNS. The summed E-state index contributed by atoms with van der Waals surface area (Å²) in [4.78, 5) is 1.22. The molecule has 2 rings (SSSR count). The summed E-state index contributed by atoms with van der Waals surface area (Å²) in [5.74, 6) is -0.355. The van der Waals surface area contributed by atoms with E-state index in [1.54, 1.807) is 17.4 Å². The Labute approximate surface area is 86.0 Å². The molecule has 0 radical (unpaired) electrons. The van der Waals surface area contributed by atoms with Crippen molar-refractivity contribution in [2.45, 2.75) is 6.92 Å². The number of hydrogen-bond donors (Lipinski definition) is 1. The second kappa shape index (κ2) is 3.42. The first-order chi connectivity index (χ1) is 6.66. The Morgan fingerprint density at radius 3 is 2.57 bits per heavy atom. The standard InChI is InChI=1S/C11H10FNS/c1-7-4-9(6-14-7)8-2-3-11(13)10(12)5-8/h2-6H,13H2,1H3. The Kier molecular flexibility index (Phi) is 2.25. The van der Waals surface area contributed by atoms with Gasteiger partial charge >= 0.3 is 0 Å². The summed E-state index contributed by atoms with van der Waals surface area (Å²) in [5, 5.41) is 2.01. The van der Waals surface area contributed by atoms with Crippen LogP contribution in [-0.2, 0) is 0 Å². The molecule has 0 saturated carbocycles. The zero-order chi connectivity index (χ0) is 10.1. The van der Waals surface area contributed by atoms with Crippen LogP contribution in [0, 0.1) is 12.7 Å². The van der Waals surface area contributed by atoms with Gasteiger partial charge < -0.3 is 5.73 Å². The van der Waals surface area contributed by atoms with Gasteiger partial charge in [0.25, 0.3) is 0 Å². The van der Waals surface area contributed by atoms with Crippen molar-refractivity contribution in [1.82, 2.24) is 0 Å². The van der Waals surface area contributed by atoms with E-state index in [1.807, 2.05) is 24.4 Å². The van der Waals surface area contributed by atoms with Crippen molar-refractivity contribution in [1.29, 1.82) is 0 Å². The Balaban J connectivity index is 2.47. The van der Waals surface area contributed by atoms with Crippen LogP contribution in [0.3, 0.4) is 0 Å². The molecule has 0 aliphatic heterocycles. The predicted octanol–water partition coefficient (Wildman–Crippen LogP) is 3.44. The number of rotatable bonds is 1. The molecular weight excluding hydrogens is 197 g/mol. The lowest BCUT2D eigenvalue weighted by Gasteiger charge is -2.00. The number of nitrogens with two attached hydrogens (primary N) is 1. The van der Waals surface area contributed by atoms with Crippen LogP contribution in [0.1, 0.15) is 4.88 Å². The van der Waals surface area contributed by atoms with Crippen LogP contribution in [0.25, 0.3) is 11.1 Å². The van der Waals surface area contributed by atoms with E-state index in [9.17, 15) is 4.39 Å². The Morgan fingerprint density at radius 1 is 1.21 bits per heavy atom. The lowest BCUT2D eigenvalue weighted by Crippen LogP contribution is -1.89. The Morgan fingerprint density at radius 2 is 2.00 bits per heavy atom. The number of nitrogen functional groups attached to an aromatic ring is 1. The molecule has 14 heavy (non-hydrogen) atoms. The predicted molar refractivity (Wildman–Crippen MR) is 58.9 cm³/mol. The number of anilines is 1. The molecule has 1 aromatic carbocycles. The van der Waals surface area contributed by atoms with Gasteiger partial charge in [0.1, 0.15) is 5.82 Å². The largest absolute Gasteiger partial charge is 0.396 e. The highest BCUT2D eigenvalue weighted by molar-refractivity contribution is 7.10. The third-order valence-electron chi connectivity index (χ3n) is 2.06. The molecule has 72 valence electrons. The van der Waals surface area contributed by atoms with Crippen molar-refractivity contribution in [2.75, 3.05) is 5.73 Å². The maximum Gasteiger partial charge on any atom is 0.146 e. The van der Waals surface area contributed by atoms with Gasteiger partial charge in [-0.25, -0.2) is 4.39 Å². The molecule has 0 fully saturated rings. The molecule has 1 nitrogen and oxygen atoms in total. The van der Waals surface area contributed by atoms with Gasteiger partial charge in [0.05, 0.1) is 5.69 Å². The molecule has 0 bridgehead atoms. The fourth-order valence-corrected chi connectivity index (χ4v) is 2.01. The quantitative estimate of drug-likeness (QED) is 0.712. The van der Waals surface area contributed by atoms with Gasteiger partial charge in [-0.1, -0.05) is 6.07 Å². The number of benzene rings is 1. The highest BCUT2D eigenvalue weighted by atomic mass is 32.1. The SMILES string of the molecule is Cc1cc(-c2ccc(N)c(F)c2)cs1. The lowest BCUT2D eigenvalue weighted by molar-refractivity contribution is 0.633. The van der Waals surface area contributed by atoms with Crippen molar-refractivity contribution < 1.29 is 4.39 Å².